The minimum Gasteiger partial charge on any atom is -0.466 e. The Balaban J connectivity index is 2.74. The maximum absolute atomic E-state index is 11.0. The monoisotopic (exact) mass is 317 g/mol. The van der Waals surface area contributed by atoms with Crippen molar-refractivity contribution in [2.75, 3.05) is 6.61 Å². The SMILES string of the molecule is CC(=O)OCCC/C(=C\c1ccc(Cl)c(Cl)c1)[N+](=O)[O-]. The van der Waals surface area contributed by atoms with Crippen molar-refractivity contribution in [3.8, 4) is 0 Å². The van der Waals surface area contributed by atoms with Gasteiger partial charge in [-0.1, -0.05) is 29.3 Å². The normalized spacial score (nSPS) is 11.2. The van der Waals surface area contributed by atoms with Crippen molar-refractivity contribution < 1.29 is 14.5 Å². The van der Waals surface area contributed by atoms with Gasteiger partial charge in [0.15, 0.2) is 0 Å². The first-order valence-corrected chi connectivity index (χ1v) is 6.59. The highest BCUT2D eigenvalue weighted by atomic mass is 35.5. The third-order valence-electron chi connectivity index (χ3n) is 2.39. The van der Waals surface area contributed by atoms with Crippen LogP contribution in [0.5, 0.6) is 0 Å². The number of benzene rings is 1. The van der Waals surface area contributed by atoms with Crippen LogP contribution in [0.3, 0.4) is 0 Å². The Hall–Kier alpha value is -1.59. The fourth-order valence-corrected chi connectivity index (χ4v) is 1.79. The summed E-state index contributed by atoms with van der Waals surface area (Å²) >= 11 is 11.6. The van der Waals surface area contributed by atoms with Crippen molar-refractivity contribution in [1.29, 1.82) is 0 Å². The molecule has 0 heterocycles. The van der Waals surface area contributed by atoms with Crippen LogP contribution in [-0.2, 0) is 9.53 Å². The first kappa shape index (κ1) is 16.5. The molecule has 0 atom stereocenters. The molecule has 108 valence electrons. The number of halogens is 2. The molecule has 0 unspecified atom stereocenters. The molecule has 0 aliphatic rings. The summed E-state index contributed by atoms with van der Waals surface area (Å²) in [7, 11) is 0. The molecule has 0 bridgehead atoms. The molecular weight excluding hydrogens is 305 g/mol. The van der Waals surface area contributed by atoms with Crippen LogP contribution in [0, 0.1) is 10.1 Å². The Morgan fingerprint density at radius 2 is 2.10 bits per heavy atom. The van der Waals surface area contributed by atoms with Crippen molar-refractivity contribution in [2.24, 2.45) is 0 Å². The molecule has 0 radical (unpaired) electrons. The number of carbonyl (C=O) groups is 1. The predicted octanol–water partition coefficient (Wildman–Crippen LogP) is 3.95. The molecule has 1 aromatic carbocycles. The van der Waals surface area contributed by atoms with Crippen molar-refractivity contribution in [1.82, 2.24) is 0 Å². The highest BCUT2D eigenvalue weighted by molar-refractivity contribution is 6.42. The standard InChI is InChI=1S/C13H13Cl2NO4/c1-9(17)20-6-2-3-11(16(18)19)7-10-4-5-12(14)13(15)8-10/h4-5,7-8H,2-3,6H2,1H3/b11-7+. The van der Waals surface area contributed by atoms with E-state index in [1.807, 2.05) is 0 Å². The average molecular weight is 318 g/mol. The van der Waals surface area contributed by atoms with E-state index >= 15 is 0 Å². The number of nitro groups is 1. The lowest BCUT2D eigenvalue weighted by Crippen LogP contribution is -2.04. The molecule has 1 aromatic rings. The molecule has 1 rings (SSSR count). The summed E-state index contributed by atoms with van der Waals surface area (Å²) in [5.41, 5.74) is 0.620. The lowest BCUT2D eigenvalue weighted by molar-refractivity contribution is -0.426. The summed E-state index contributed by atoms with van der Waals surface area (Å²) < 4.78 is 4.73. The molecule has 0 saturated carbocycles. The molecule has 0 spiro atoms. The molecule has 0 saturated heterocycles. The van der Waals surface area contributed by atoms with Crippen LogP contribution < -0.4 is 0 Å². The van der Waals surface area contributed by atoms with E-state index in [9.17, 15) is 14.9 Å². The maximum atomic E-state index is 11.0. The Morgan fingerprint density at radius 1 is 1.40 bits per heavy atom. The highest BCUT2D eigenvalue weighted by Crippen LogP contribution is 2.24. The zero-order valence-electron chi connectivity index (χ0n) is 10.8. The van der Waals surface area contributed by atoms with Crippen molar-refractivity contribution in [3.63, 3.8) is 0 Å². The summed E-state index contributed by atoms with van der Waals surface area (Å²) in [5.74, 6) is -0.402. The van der Waals surface area contributed by atoms with Crippen LogP contribution in [-0.4, -0.2) is 17.5 Å². The van der Waals surface area contributed by atoms with Gasteiger partial charge in [0, 0.05) is 19.4 Å². The molecule has 7 heteroatoms. The third-order valence-corrected chi connectivity index (χ3v) is 3.13. The topological polar surface area (TPSA) is 69.4 Å². The molecule has 0 fully saturated rings. The molecule has 0 N–H and O–H groups in total. The van der Waals surface area contributed by atoms with E-state index in [4.69, 9.17) is 27.9 Å². The van der Waals surface area contributed by atoms with Crippen LogP contribution >= 0.6 is 23.2 Å². The first-order chi connectivity index (χ1) is 9.40. The number of allylic oxidation sites excluding steroid dienone is 1. The fraction of sp³-hybridized carbons (Fsp3) is 0.308. The molecule has 0 aliphatic carbocycles. The lowest BCUT2D eigenvalue weighted by Gasteiger charge is -2.02. The molecular formula is C13H13Cl2NO4. The van der Waals surface area contributed by atoms with Gasteiger partial charge in [0.25, 0.3) is 0 Å². The van der Waals surface area contributed by atoms with E-state index in [2.05, 4.69) is 0 Å². The summed E-state index contributed by atoms with van der Waals surface area (Å²) in [5, 5.41) is 11.7. The number of hydrogen-bond donors (Lipinski definition) is 0. The number of hydrogen-bond acceptors (Lipinski definition) is 4. The lowest BCUT2D eigenvalue weighted by atomic mass is 10.1. The minimum absolute atomic E-state index is 0.0236. The van der Waals surface area contributed by atoms with Crippen molar-refractivity contribution in [2.45, 2.75) is 19.8 Å². The van der Waals surface area contributed by atoms with E-state index in [1.54, 1.807) is 18.2 Å². The minimum atomic E-state index is -0.462. The summed E-state index contributed by atoms with van der Waals surface area (Å²) in [4.78, 5) is 21.1. The number of esters is 1. The summed E-state index contributed by atoms with van der Waals surface area (Å²) in [6.07, 6.45) is 2.00. The van der Waals surface area contributed by atoms with E-state index < -0.39 is 10.9 Å². The van der Waals surface area contributed by atoms with Gasteiger partial charge in [0.2, 0.25) is 5.70 Å². The fourth-order valence-electron chi connectivity index (χ4n) is 1.48. The van der Waals surface area contributed by atoms with Crippen LogP contribution in [0.4, 0.5) is 0 Å². The van der Waals surface area contributed by atoms with Crippen LogP contribution in [0.25, 0.3) is 6.08 Å². The average Bonchev–Trinajstić information content (AvgIpc) is 2.36. The smallest absolute Gasteiger partial charge is 0.302 e. The second-order valence-electron chi connectivity index (χ2n) is 4.01. The number of carbonyl (C=O) groups excluding carboxylic acids is 1. The second-order valence-corrected chi connectivity index (χ2v) is 4.82. The van der Waals surface area contributed by atoms with E-state index in [-0.39, 0.29) is 18.7 Å². The van der Waals surface area contributed by atoms with E-state index in [0.717, 1.165) is 0 Å². The molecule has 0 amide bonds. The van der Waals surface area contributed by atoms with Gasteiger partial charge in [-0.25, -0.2) is 0 Å². The second kappa shape index (κ2) is 7.87. The van der Waals surface area contributed by atoms with Crippen molar-refractivity contribution >= 4 is 35.2 Å². The Bertz CT molecular complexity index is 543. The van der Waals surface area contributed by atoms with E-state index in [0.29, 0.717) is 22.0 Å². The van der Waals surface area contributed by atoms with E-state index in [1.165, 1.54) is 13.0 Å². The summed E-state index contributed by atoms with van der Waals surface area (Å²) in [6.45, 7) is 1.45. The van der Waals surface area contributed by atoms with Gasteiger partial charge in [0.05, 0.1) is 21.6 Å². The number of rotatable bonds is 6. The maximum Gasteiger partial charge on any atom is 0.302 e. The Morgan fingerprint density at radius 3 is 2.65 bits per heavy atom. The Labute approximate surface area is 126 Å². The summed E-state index contributed by atoms with van der Waals surface area (Å²) in [6, 6.07) is 4.77. The van der Waals surface area contributed by atoms with Gasteiger partial charge in [-0.3, -0.25) is 14.9 Å². The third kappa shape index (κ3) is 5.59. The number of nitrogens with zero attached hydrogens (tertiary/aromatic N) is 1. The molecule has 20 heavy (non-hydrogen) atoms. The van der Waals surface area contributed by atoms with Gasteiger partial charge < -0.3 is 4.74 Å². The molecule has 0 aliphatic heterocycles. The van der Waals surface area contributed by atoms with Crippen LogP contribution in [0.2, 0.25) is 10.0 Å². The van der Waals surface area contributed by atoms with Crippen LogP contribution in [0.1, 0.15) is 25.3 Å². The molecule has 0 aromatic heterocycles. The first-order valence-electron chi connectivity index (χ1n) is 5.83. The van der Waals surface area contributed by atoms with Gasteiger partial charge in [-0.2, -0.15) is 0 Å². The predicted molar refractivity (Wildman–Crippen MR) is 77.3 cm³/mol. The van der Waals surface area contributed by atoms with Gasteiger partial charge >= 0.3 is 5.97 Å². The quantitative estimate of drug-likeness (QED) is 0.344. The van der Waals surface area contributed by atoms with Crippen LogP contribution in [0.15, 0.2) is 23.9 Å². The molecule has 5 nitrogen and oxygen atoms in total. The largest absolute Gasteiger partial charge is 0.466 e. The number of ether oxygens (including phenoxy) is 1. The van der Waals surface area contributed by atoms with Gasteiger partial charge in [-0.05, 0) is 24.1 Å². The van der Waals surface area contributed by atoms with Gasteiger partial charge in [0.1, 0.15) is 0 Å². The zero-order chi connectivity index (χ0) is 15.1. The Kier molecular flexibility index (Phi) is 6.48. The van der Waals surface area contributed by atoms with Crippen molar-refractivity contribution in [3.05, 3.63) is 49.6 Å². The van der Waals surface area contributed by atoms with Gasteiger partial charge in [-0.15, -0.1) is 0 Å². The highest BCUT2D eigenvalue weighted by Gasteiger charge is 2.11. The zero-order valence-corrected chi connectivity index (χ0v) is 12.3.